The largest absolute Gasteiger partial charge is 0.497 e. The van der Waals surface area contributed by atoms with Gasteiger partial charge in [-0.05, 0) is 77.5 Å². The highest BCUT2D eigenvalue weighted by Gasteiger charge is 2.10. The van der Waals surface area contributed by atoms with Gasteiger partial charge in [-0.2, -0.15) is 0 Å². The van der Waals surface area contributed by atoms with E-state index in [1.54, 1.807) is 7.11 Å². The number of methoxy groups -OCH3 is 1. The van der Waals surface area contributed by atoms with Crippen LogP contribution in [0.25, 0.3) is 11.4 Å². The number of thioether (sulfide) groups is 1. The van der Waals surface area contributed by atoms with Crippen molar-refractivity contribution in [3.05, 3.63) is 51.6 Å². The number of halogens is 1. The molecule has 0 aliphatic heterocycles. The monoisotopic (exact) mass is 480 g/mol. The predicted molar refractivity (Wildman–Crippen MR) is 112 cm³/mol. The molecule has 0 unspecified atom stereocenters. The quantitative estimate of drug-likeness (QED) is 0.410. The Balaban J connectivity index is 1.58. The van der Waals surface area contributed by atoms with Gasteiger partial charge in [-0.1, -0.05) is 11.8 Å². The minimum absolute atomic E-state index is 0.0879. The third-order valence-corrected chi connectivity index (χ3v) is 5.14. The van der Waals surface area contributed by atoms with Crippen LogP contribution in [-0.2, 0) is 4.79 Å². The van der Waals surface area contributed by atoms with Gasteiger partial charge < -0.3 is 10.1 Å². The SMILES string of the molecule is COc1ccc(-c2nc(SCC(=O)Nc3ccc(I)cc3C)n[nH]2)cc1. The van der Waals surface area contributed by atoms with Crippen LogP contribution < -0.4 is 10.1 Å². The van der Waals surface area contributed by atoms with Crippen molar-refractivity contribution in [2.24, 2.45) is 0 Å². The fraction of sp³-hybridized carbons (Fsp3) is 0.167. The van der Waals surface area contributed by atoms with Gasteiger partial charge in [0.2, 0.25) is 11.1 Å². The lowest BCUT2D eigenvalue weighted by Gasteiger charge is -2.07. The molecular weight excluding hydrogens is 463 g/mol. The van der Waals surface area contributed by atoms with E-state index in [4.69, 9.17) is 4.74 Å². The summed E-state index contributed by atoms with van der Waals surface area (Å²) in [7, 11) is 1.63. The molecule has 1 aromatic heterocycles. The number of ether oxygens (including phenoxy) is 1. The number of benzene rings is 2. The second kappa shape index (κ2) is 8.54. The van der Waals surface area contributed by atoms with Crippen LogP contribution in [0, 0.1) is 10.5 Å². The number of H-pyrrole nitrogens is 1. The Morgan fingerprint density at radius 3 is 2.73 bits per heavy atom. The topological polar surface area (TPSA) is 79.9 Å². The van der Waals surface area contributed by atoms with Crippen molar-refractivity contribution >= 4 is 45.9 Å². The van der Waals surface area contributed by atoms with Gasteiger partial charge in [0.15, 0.2) is 5.82 Å². The number of nitrogens with one attached hydrogen (secondary N) is 2. The molecule has 0 spiro atoms. The summed E-state index contributed by atoms with van der Waals surface area (Å²) in [5.41, 5.74) is 2.77. The van der Waals surface area contributed by atoms with Crippen LogP contribution in [0.15, 0.2) is 47.6 Å². The van der Waals surface area contributed by atoms with Gasteiger partial charge in [0.05, 0.1) is 12.9 Å². The standard InChI is InChI=1S/C18H17IN4O2S/c1-11-9-13(19)5-8-15(11)20-16(24)10-26-18-21-17(22-23-18)12-3-6-14(25-2)7-4-12/h3-9H,10H2,1-2H3,(H,20,24)(H,21,22,23). The van der Waals surface area contributed by atoms with Gasteiger partial charge in [0.25, 0.3) is 0 Å². The molecule has 8 heteroatoms. The van der Waals surface area contributed by atoms with Crippen LogP contribution in [0.5, 0.6) is 5.75 Å². The molecule has 0 aliphatic carbocycles. The fourth-order valence-corrected chi connectivity index (χ4v) is 3.52. The number of rotatable bonds is 6. The molecule has 2 aromatic carbocycles. The van der Waals surface area contributed by atoms with Crippen molar-refractivity contribution in [3.63, 3.8) is 0 Å². The molecule has 1 heterocycles. The number of aromatic nitrogens is 3. The molecule has 3 aromatic rings. The lowest BCUT2D eigenvalue weighted by Crippen LogP contribution is -2.15. The summed E-state index contributed by atoms with van der Waals surface area (Å²) in [4.78, 5) is 16.6. The van der Waals surface area contributed by atoms with Crippen molar-refractivity contribution in [1.29, 1.82) is 0 Å². The molecule has 0 radical (unpaired) electrons. The Morgan fingerprint density at radius 1 is 1.27 bits per heavy atom. The van der Waals surface area contributed by atoms with E-state index in [2.05, 4.69) is 43.1 Å². The van der Waals surface area contributed by atoms with Gasteiger partial charge in [-0.25, -0.2) is 4.98 Å². The van der Waals surface area contributed by atoms with Crippen molar-refractivity contribution in [2.45, 2.75) is 12.1 Å². The van der Waals surface area contributed by atoms with Gasteiger partial charge in [-0.3, -0.25) is 9.89 Å². The number of hydrogen-bond donors (Lipinski definition) is 2. The van der Waals surface area contributed by atoms with Gasteiger partial charge >= 0.3 is 0 Å². The average molecular weight is 480 g/mol. The first kappa shape index (κ1) is 18.7. The Hall–Kier alpha value is -2.07. The van der Waals surface area contributed by atoms with Crippen LogP contribution in [-0.4, -0.2) is 34.0 Å². The van der Waals surface area contributed by atoms with E-state index in [1.165, 1.54) is 11.8 Å². The Labute approximate surface area is 169 Å². The molecule has 6 nitrogen and oxygen atoms in total. The Bertz CT molecular complexity index is 912. The number of carbonyl (C=O) groups excluding carboxylic acids is 1. The maximum absolute atomic E-state index is 12.2. The molecule has 3 rings (SSSR count). The number of carbonyl (C=O) groups is 1. The van der Waals surface area contributed by atoms with Crippen LogP contribution >= 0.6 is 34.4 Å². The fourth-order valence-electron chi connectivity index (χ4n) is 2.27. The maximum Gasteiger partial charge on any atom is 0.234 e. The normalized spacial score (nSPS) is 10.6. The van der Waals surface area contributed by atoms with E-state index >= 15 is 0 Å². The number of hydrogen-bond acceptors (Lipinski definition) is 5. The molecule has 0 bridgehead atoms. The van der Waals surface area contributed by atoms with Crippen molar-refractivity contribution < 1.29 is 9.53 Å². The van der Waals surface area contributed by atoms with Crippen LogP contribution in [0.2, 0.25) is 0 Å². The van der Waals surface area contributed by atoms with E-state index in [0.717, 1.165) is 26.1 Å². The van der Waals surface area contributed by atoms with Crippen LogP contribution in [0.1, 0.15) is 5.56 Å². The lowest BCUT2D eigenvalue weighted by atomic mass is 10.2. The molecule has 0 saturated heterocycles. The zero-order valence-electron chi connectivity index (χ0n) is 14.2. The van der Waals surface area contributed by atoms with Crippen molar-refractivity contribution in [1.82, 2.24) is 15.2 Å². The molecule has 26 heavy (non-hydrogen) atoms. The summed E-state index contributed by atoms with van der Waals surface area (Å²) in [6.45, 7) is 1.97. The van der Waals surface area contributed by atoms with E-state index < -0.39 is 0 Å². The molecule has 2 N–H and O–H groups in total. The second-order valence-electron chi connectivity index (χ2n) is 5.49. The number of aryl methyl sites for hydroxylation is 1. The molecule has 0 fully saturated rings. The van der Waals surface area contributed by atoms with Crippen molar-refractivity contribution in [2.75, 3.05) is 18.2 Å². The van der Waals surface area contributed by atoms with Crippen LogP contribution in [0.3, 0.4) is 0 Å². The predicted octanol–water partition coefficient (Wildman–Crippen LogP) is 4.12. The third-order valence-electron chi connectivity index (χ3n) is 3.62. The summed E-state index contributed by atoms with van der Waals surface area (Å²) in [5, 5.41) is 10.5. The summed E-state index contributed by atoms with van der Waals surface area (Å²) < 4.78 is 6.28. The highest BCUT2D eigenvalue weighted by Crippen LogP contribution is 2.22. The van der Waals surface area contributed by atoms with Crippen molar-refractivity contribution in [3.8, 4) is 17.1 Å². The molecule has 0 atom stereocenters. The molecular formula is C18H17IN4O2S. The van der Waals surface area contributed by atoms with Crippen LogP contribution in [0.4, 0.5) is 5.69 Å². The maximum atomic E-state index is 12.2. The molecule has 1 amide bonds. The number of amides is 1. The highest BCUT2D eigenvalue weighted by atomic mass is 127. The summed E-state index contributed by atoms with van der Waals surface area (Å²) in [6, 6.07) is 13.4. The minimum Gasteiger partial charge on any atom is -0.497 e. The first-order valence-corrected chi connectivity index (χ1v) is 9.87. The van der Waals surface area contributed by atoms with Gasteiger partial charge in [-0.15, -0.1) is 5.10 Å². The summed E-state index contributed by atoms with van der Waals surface area (Å²) >= 11 is 3.54. The van der Waals surface area contributed by atoms with Gasteiger partial charge in [0, 0.05) is 14.8 Å². The smallest absolute Gasteiger partial charge is 0.234 e. The Kier molecular flexibility index (Phi) is 6.15. The first-order chi connectivity index (χ1) is 12.5. The molecule has 134 valence electrons. The number of aromatic amines is 1. The summed E-state index contributed by atoms with van der Waals surface area (Å²) in [6.07, 6.45) is 0. The lowest BCUT2D eigenvalue weighted by molar-refractivity contribution is -0.113. The minimum atomic E-state index is -0.0879. The molecule has 0 saturated carbocycles. The zero-order chi connectivity index (χ0) is 18.5. The average Bonchev–Trinajstić information content (AvgIpc) is 3.11. The second-order valence-corrected chi connectivity index (χ2v) is 7.68. The van der Waals surface area contributed by atoms with E-state index in [0.29, 0.717) is 11.0 Å². The van der Waals surface area contributed by atoms with E-state index in [-0.39, 0.29) is 11.7 Å². The van der Waals surface area contributed by atoms with Gasteiger partial charge in [0.1, 0.15) is 5.75 Å². The highest BCUT2D eigenvalue weighted by molar-refractivity contribution is 14.1. The zero-order valence-corrected chi connectivity index (χ0v) is 17.2. The van der Waals surface area contributed by atoms with E-state index in [1.807, 2.05) is 49.4 Å². The molecule has 0 aliphatic rings. The number of anilines is 1. The first-order valence-electron chi connectivity index (χ1n) is 7.81. The number of nitrogens with zero attached hydrogens (tertiary/aromatic N) is 2. The third kappa shape index (κ3) is 4.76. The summed E-state index contributed by atoms with van der Waals surface area (Å²) in [5.74, 6) is 1.59. The van der Waals surface area contributed by atoms with E-state index in [9.17, 15) is 4.79 Å². The Morgan fingerprint density at radius 2 is 2.04 bits per heavy atom.